The zero-order chi connectivity index (χ0) is 21.8. The average molecular weight is 435 g/mol. The number of para-hydroxylation sites is 2. The minimum Gasteiger partial charge on any atom is -0.449 e. The highest BCUT2D eigenvalue weighted by molar-refractivity contribution is 6.31. The van der Waals surface area contributed by atoms with E-state index >= 15 is 0 Å². The summed E-state index contributed by atoms with van der Waals surface area (Å²) in [6.45, 7) is 2.90. The number of benzene rings is 3. The van der Waals surface area contributed by atoms with Crippen LogP contribution in [0.5, 0.6) is 5.75 Å². The number of hydrogen-bond donors (Lipinski definition) is 1. The molecule has 0 amide bonds. The van der Waals surface area contributed by atoms with Crippen molar-refractivity contribution in [2.75, 3.05) is 0 Å². The van der Waals surface area contributed by atoms with Crippen molar-refractivity contribution in [1.82, 2.24) is 9.55 Å². The number of nitrogens with zero attached hydrogens (tertiary/aromatic N) is 2. The van der Waals surface area contributed by atoms with Crippen molar-refractivity contribution >= 4 is 28.8 Å². The maximum Gasteiger partial charge on any atom is 0.511 e. The molecule has 0 unspecified atom stereocenters. The number of fused-ring (bicyclic) bond motifs is 1. The van der Waals surface area contributed by atoms with Gasteiger partial charge in [-0.2, -0.15) is 0 Å². The van der Waals surface area contributed by atoms with Crippen molar-refractivity contribution in [1.29, 1.82) is 0 Å². The fraction of sp³-hybridized carbons (Fsp3) is 0.200. The topological polar surface area (TPSA) is 64.4 Å². The number of carboxylic acid groups (broad SMARTS) is 1. The third-order valence-electron chi connectivity index (χ3n) is 5.23. The largest absolute Gasteiger partial charge is 0.511 e. The molecule has 0 saturated carbocycles. The van der Waals surface area contributed by atoms with Crippen molar-refractivity contribution in [3.05, 3.63) is 83.1 Å². The number of imidazole rings is 1. The summed E-state index contributed by atoms with van der Waals surface area (Å²) in [6.07, 6.45) is 1.82. The van der Waals surface area contributed by atoms with Crippen molar-refractivity contribution < 1.29 is 14.6 Å². The Morgan fingerprint density at radius 3 is 2.61 bits per heavy atom. The van der Waals surface area contributed by atoms with Gasteiger partial charge in [0.15, 0.2) is 0 Å². The van der Waals surface area contributed by atoms with Gasteiger partial charge in [0.2, 0.25) is 0 Å². The molecule has 6 heteroatoms. The molecule has 0 bridgehead atoms. The molecule has 0 aliphatic heterocycles. The molecule has 0 aliphatic carbocycles. The normalized spacial score (nSPS) is 11.0. The van der Waals surface area contributed by atoms with E-state index in [2.05, 4.69) is 17.6 Å². The first-order chi connectivity index (χ1) is 15.0. The van der Waals surface area contributed by atoms with Crippen LogP contribution >= 0.6 is 11.6 Å². The second-order valence-corrected chi connectivity index (χ2v) is 7.85. The number of rotatable bonds is 7. The standard InChI is InChI=1S/C25H23ClN2O3/c1-2-3-8-24-27-21-6-4-5-7-22(21)28(24)16-17-9-11-18(12-10-17)20-15-19(26)13-14-23(20)31-25(29)30/h4-7,9-15H,2-3,8,16H2,1H3,(H,29,30). The lowest BCUT2D eigenvalue weighted by molar-refractivity contribution is 0.144. The third-order valence-corrected chi connectivity index (χ3v) is 5.47. The Bertz CT molecular complexity index is 1220. The van der Waals surface area contributed by atoms with E-state index in [1.54, 1.807) is 18.2 Å². The Labute approximate surface area is 185 Å². The van der Waals surface area contributed by atoms with Gasteiger partial charge in [0.05, 0.1) is 11.0 Å². The van der Waals surface area contributed by atoms with Gasteiger partial charge in [-0.05, 0) is 47.9 Å². The van der Waals surface area contributed by atoms with Crippen molar-refractivity contribution in [3.63, 3.8) is 0 Å². The molecule has 1 N–H and O–H groups in total. The van der Waals surface area contributed by atoms with Gasteiger partial charge in [0, 0.05) is 23.6 Å². The van der Waals surface area contributed by atoms with Crippen LogP contribution in [-0.4, -0.2) is 20.8 Å². The monoisotopic (exact) mass is 434 g/mol. The molecule has 0 saturated heterocycles. The summed E-state index contributed by atoms with van der Waals surface area (Å²) in [6, 6.07) is 21.1. The Morgan fingerprint density at radius 1 is 1.10 bits per heavy atom. The second-order valence-electron chi connectivity index (χ2n) is 7.41. The van der Waals surface area contributed by atoms with Gasteiger partial charge < -0.3 is 14.4 Å². The van der Waals surface area contributed by atoms with E-state index in [0.29, 0.717) is 17.1 Å². The smallest absolute Gasteiger partial charge is 0.449 e. The van der Waals surface area contributed by atoms with E-state index < -0.39 is 6.16 Å². The minimum absolute atomic E-state index is 0.257. The molecule has 0 radical (unpaired) electrons. The number of unbranched alkanes of at least 4 members (excludes halogenated alkanes) is 1. The first kappa shape index (κ1) is 20.9. The predicted molar refractivity (Wildman–Crippen MR) is 123 cm³/mol. The van der Waals surface area contributed by atoms with E-state index in [4.69, 9.17) is 26.4 Å². The number of aryl methyl sites for hydroxylation is 1. The number of halogens is 1. The molecule has 158 valence electrons. The van der Waals surface area contributed by atoms with Crippen LogP contribution in [0.2, 0.25) is 5.02 Å². The molecule has 1 heterocycles. The summed E-state index contributed by atoms with van der Waals surface area (Å²) in [5, 5.41) is 9.52. The van der Waals surface area contributed by atoms with E-state index in [-0.39, 0.29) is 5.75 Å². The highest BCUT2D eigenvalue weighted by atomic mass is 35.5. The van der Waals surface area contributed by atoms with Gasteiger partial charge in [0.25, 0.3) is 0 Å². The Hall–Kier alpha value is -3.31. The van der Waals surface area contributed by atoms with E-state index in [1.807, 2.05) is 42.5 Å². The van der Waals surface area contributed by atoms with Crippen LogP contribution in [-0.2, 0) is 13.0 Å². The van der Waals surface area contributed by atoms with E-state index in [1.165, 1.54) is 0 Å². The number of carbonyl (C=O) groups is 1. The van der Waals surface area contributed by atoms with Crippen molar-refractivity contribution in [3.8, 4) is 16.9 Å². The molecule has 4 aromatic rings. The van der Waals surface area contributed by atoms with Crippen LogP contribution in [0.1, 0.15) is 31.2 Å². The summed E-state index contributed by atoms with van der Waals surface area (Å²) < 4.78 is 7.19. The molecular formula is C25H23ClN2O3. The highest BCUT2D eigenvalue weighted by Crippen LogP contribution is 2.33. The molecule has 0 aliphatic rings. The zero-order valence-electron chi connectivity index (χ0n) is 17.2. The molecule has 0 fully saturated rings. The average Bonchev–Trinajstić information content (AvgIpc) is 3.11. The van der Waals surface area contributed by atoms with Gasteiger partial charge in [-0.3, -0.25) is 0 Å². The lowest BCUT2D eigenvalue weighted by Crippen LogP contribution is -2.05. The first-order valence-electron chi connectivity index (χ1n) is 10.3. The van der Waals surface area contributed by atoms with Gasteiger partial charge >= 0.3 is 6.16 Å². The fourth-order valence-electron chi connectivity index (χ4n) is 3.71. The third kappa shape index (κ3) is 4.72. The summed E-state index contributed by atoms with van der Waals surface area (Å²) in [5.41, 5.74) is 4.75. The van der Waals surface area contributed by atoms with Crippen LogP contribution in [0.15, 0.2) is 66.7 Å². The van der Waals surface area contributed by atoms with Gasteiger partial charge in [0.1, 0.15) is 11.6 Å². The summed E-state index contributed by atoms with van der Waals surface area (Å²) in [7, 11) is 0. The minimum atomic E-state index is -1.35. The Morgan fingerprint density at radius 2 is 1.87 bits per heavy atom. The second kappa shape index (κ2) is 9.23. The molecular weight excluding hydrogens is 412 g/mol. The molecule has 31 heavy (non-hydrogen) atoms. The molecule has 5 nitrogen and oxygen atoms in total. The van der Waals surface area contributed by atoms with Gasteiger partial charge in [-0.15, -0.1) is 0 Å². The summed E-state index contributed by atoms with van der Waals surface area (Å²) in [5.74, 6) is 1.35. The van der Waals surface area contributed by atoms with Crippen LogP contribution < -0.4 is 4.74 Å². The number of aromatic nitrogens is 2. The first-order valence-corrected chi connectivity index (χ1v) is 10.7. The maximum atomic E-state index is 11.0. The van der Waals surface area contributed by atoms with Crippen LogP contribution in [0.3, 0.4) is 0 Å². The van der Waals surface area contributed by atoms with Crippen molar-refractivity contribution in [2.24, 2.45) is 0 Å². The van der Waals surface area contributed by atoms with Crippen molar-refractivity contribution in [2.45, 2.75) is 32.7 Å². The fourth-order valence-corrected chi connectivity index (χ4v) is 3.88. The molecule has 3 aromatic carbocycles. The molecule has 0 atom stereocenters. The Kier molecular flexibility index (Phi) is 6.23. The molecule has 1 aromatic heterocycles. The maximum absolute atomic E-state index is 11.0. The number of hydrogen-bond acceptors (Lipinski definition) is 3. The van der Waals surface area contributed by atoms with Gasteiger partial charge in [-0.1, -0.05) is 61.3 Å². The Balaban J connectivity index is 1.65. The van der Waals surface area contributed by atoms with Crippen LogP contribution in [0, 0.1) is 0 Å². The summed E-state index contributed by atoms with van der Waals surface area (Å²) >= 11 is 6.13. The zero-order valence-corrected chi connectivity index (χ0v) is 18.0. The van der Waals surface area contributed by atoms with Crippen LogP contribution in [0.4, 0.5) is 4.79 Å². The van der Waals surface area contributed by atoms with E-state index in [9.17, 15) is 4.79 Å². The summed E-state index contributed by atoms with van der Waals surface area (Å²) in [4.78, 5) is 15.9. The van der Waals surface area contributed by atoms with Gasteiger partial charge in [-0.25, -0.2) is 9.78 Å². The number of ether oxygens (including phenoxy) is 1. The SMILES string of the molecule is CCCCc1nc2ccccc2n1Cc1ccc(-c2cc(Cl)ccc2OC(=O)O)cc1. The molecule has 4 rings (SSSR count). The van der Waals surface area contributed by atoms with E-state index in [0.717, 1.165) is 47.2 Å². The quantitative estimate of drug-likeness (QED) is 0.256. The predicted octanol–water partition coefficient (Wildman–Crippen LogP) is 6.80. The van der Waals surface area contributed by atoms with Crippen LogP contribution in [0.25, 0.3) is 22.2 Å². The molecule has 0 spiro atoms. The lowest BCUT2D eigenvalue weighted by atomic mass is 10.0. The highest BCUT2D eigenvalue weighted by Gasteiger charge is 2.13. The lowest BCUT2D eigenvalue weighted by Gasteiger charge is -2.12.